The molecule has 0 saturated heterocycles. The van der Waals surface area contributed by atoms with Gasteiger partial charge < -0.3 is 14.2 Å². The maximum atomic E-state index is 12.8. The van der Waals surface area contributed by atoms with Crippen molar-refractivity contribution in [1.29, 1.82) is 0 Å². The van der Waals surface area contributed by atoms with Crippen LogP contribution in [0.4, 0.5) is 0 Å². The van der Waals surface area contributed by atoms with Gasteiger partial charge in [0.2, 0.25) is 0 Å². The van der Waals surface area contributed by atoms with Crippen LogP contribution in [0.1, 0.15) is 226 Å². The molecule has 0 N–H and O–H groups in total. The highest BCUT2D eigenvalue weighted by atomic mass is 16.6. The first-order chi connectivity index (χ1) is 32.0. The van der Waals surface area contributed by atoms with E-state index in [1.807, 2.05) is 0 Å². The lowest BCUT2D eigenvalue weighted by molar-refractivity contribution is -0.167. The first-order valence-corrected chi connectivity index (χ1v) is 26.4. The van der Waals surface area contributed by atoms with Crippen LogP contribution in [0.5, 0.6) is 0 Å². The van der Waals surface area contributed by atoms with Crippen LogP contribution in [0, 0.1) is 0 Å². The maximum Gasteiger partial charge on any atom is 0.306 e. The molecule has 0 bridgehead atoms. The number of carbonyl (C=O) groups excluding carboxylic acids is 3. The molecule has 0 heterocycles. The summed E-state index contributed by atoms with van der Waals surface area (Å²) in [6, 6.07) is 0. The number of carbonyl (C=O) groups is 3. The van der Waals surface area contributed by atoms with Gasteiger partial charge in [-0.05, 0) is 122 Å². The third-order valence-electron chi connectivity index (χ3n) is 10.7. The first kappa shape index (κ1) is 61.1. The average molecular weight is 901 g/mol. The topological polar surface area (TPSA) is 78.9 Å². The molecule has 0 aromatic heterocycles. The molecule has 6 nitrogen and oxygen atoms in total. The lowest BCUT2D eigenvalue weighted by Crippen LogP contribution is -2.30. The van der Waals surface area contributed by atoms with E-state index in [4.69, 9.17) is 14.2 Å². The minimum atomic E-state index is -0.809. The predicted molar refractivity (Wildman–Crippen MR) is 279 cm³/mol. The van der Waals surface area contributed by atoms with Gasteiger partial charge in [0, 0.05) is 19.3 Å². The fraction of sp³-hybridized carbons (Fsp3) is 0.644. The molecule has 368 valence electrons. The quantitative estimate of drug-likeness (QED) is 0.0262. The Morgan fingerprint density at radius 3 is 0.969 bits per heavy atom. The van der Waals surface area contributed by atoms with E-state index in [1.54, 1.807) is 0 Å². The summed E-state index contributed by atoms with van der Waals surface area (Å²) in [5.74, 6) is -0.976. The SMILES string of the molecule is CC/C=C\C/C=C\C/C=C\C/C=C\CCCCC(=O)OC[C@H](COC(=O)CCCCCCCCC/C=C\C/C=C\CCCCC)OC(=O)CCCCCCC/C=C\C/C=C\C/C=C\CC. The number of hydrogen-bond acceptors (Lipinski definition) is 6. The Kier molecular flexibility index (Phi) is 49.5. The lowest BCUT2D eigenvalue weighted by Gasteiger charge is -2.18. The molecule has 0 amide bonds. The smallest absolute Gasteiger partial charge is 0.306 e. The summed E-state index contributed by atoms with van der Waals surface area (Å²) in [7, 11) is 0. The minimum Gasteiger partial charge on any atom is -0.462 e. The van der Waals surface area contributed by atoms with Gasteiger partial charge in [0.25, 0.3) is 0 Å². The Morgan fingerprint density at radius 1 is 0.323 bits per heavy atom. The van der Waals surface area contributed by atoms with Gasteiger partial charge in [-0.2, -0.15) is 0 Å². The zero-order valence-corrected chi connectivity index (χ0v) is 42.0. The van der Waals surface area contributed by atoms with Gasteiger partial charge in [-0.15, -0.1) is 0 Å². The monoisotopic (exact) mass is 901 g/mol. The molecular formula is C59H96O6. The van der Waals surface area contributed by atoms with Crippen molar-refractivity contribution in [1.82, 2.24) is 0 Å². The number of allylic oxidation sites excluding steroid dienone is 18. The third kappa shape index (κ3) is 50.9. The summed E-state index contributed by atoms with van der Waals surface area (Å²) in [6.45, 7) is 6.32. The molecule has 0 aliphatic rings. The highest BCUT2D eigenvalue weighted by Crippen LogP contribution is 2.13. The molecular weight excluding hydrogens is 805 g/mol. The van der Waals surface area contributed by atoms with Crippen molar-refractivity contribution < 1.29 is 28.6 Å². The zero-order valence-electron chi connectivity index (χ0n) is 42.0. The van der Waals surface area contributed by atoms with Crippen LogP contribution in [0.3, 0.4) is 0 Å². The summed E-state index contributed by atoms with van der Waals surface area (Å²) in [5.41, 5.74) is 0. The van der Waals surface area contributed by atoms with Gasteiger partial charge in [0.15, 0.2) is 6.10 Å². The third-order valence-corrected chi connectivity index (χ3v) is 10.7. The van der Waals surface area contributed by atoms with Gasteiger partial charge in [-0.3, -0.25) is 14.4 Å². The fourth-order valence-electron chi connectivity index (χ4n) is 6.83. The van der Waals surface area contributed by atoms with E-state index in [0.717, 1.165) is 135 Å². The molecule has 0 spiro atoms. The van der Waals surface area contributed by atoms with Crippen LogP contribution >= 0.6 is 0 Å². The van der Waals surface area contributed by atoms with Crippen LogP contribution < -0.4 is 0 Å². The Bertz CT molecular complexity index is 1360. The van der Waals surface area contributed by atoms with Gasteiger partial charge in [-0.25, -0.2) is 0 Å². The lowest BCUT2D eigenvalue weighted by atomic mass is 10.1. The van der Waals surface area contributed by atoms with Crippen molar-refractivity contribution in [3.63, 3.8) is 0 Å². The molecule has 0 unspecified atom stereocenters. The van der Waals surface area contributed by atoms with Crippen LogP contribution in [0.15, 0.2) is 109 Å². The van der Waals surface area contributed by atoms with Crippen molar-refractivity contribution in [2.24, 2.45) is 0 Å². The van der Waals surface area contributed by atoms with Crippen molar-refractivity contribution in [3.8, 4) is 0 Å². The summed E-state index contributed by atoms with van der Waals surface area (Å²) < 4.78 is 16.8. The standard InChI is InChI=1S/C59H96O6/c1-4-7-10-13-16-19-22-25-28-29-32-34-37-40-43-46-49-52-58(61)64-55-56(65-59(62)53-50-47-44-41-38-35-31-27-24-21-18-15-12-9-6-3)54-63-57(60)51-48-45-42-39-36-33-30-26-23-20-17-14-11-8-5-2/h8-9,11-12,16-21,25-28,30-31,36,39,56H,4-7,10,13-15,22-24,29,32-35,37-38,40-55H2,1-3H3/b11-8-,12-9-,19-16-,20-17-,21-18-,28-25-,30-26-,31-27-,39-36-/t56-/m1/s1. The van der Waals surface area contributed by atoms with Gasteiger partial charge >= 0.3 is 17.9 Å². The van der Waals surface area contributed by atoms with E-state index in [0.29, 0.717) is 19.3 Å². The van der Waals surface area contributed by atoms with E-state index in [1.165, 1.54) is 51.4 Å². The maximum absolute atomic E-state index is 12.8. The van der Waals surface area contributed by atoms with Gasteiger partial charge in [-0.1, -0.05) is 194 Å². The Morgan fingerprint density at radius 2 is 0.600 bits per heavy atom. The highest BCUT2D eigenvalue weighted by molar-refractivity contribution is 5.71. The van der Waals surface area contributed by atoms with Gasteiger partial charge in [0.05, 0.1) is 0 Å². The molecule has 0 saturated carbocycles. The summed E-state index contributed by atoms with van der Waals surface area (Å²) in [5, 5.41) is 0. The number of ether oxygens (including phenoxy) is 3. The molecule has 0 aliphatic heterocycles. The number of rotatable bonds is 46. The second-order valence-electron chi connectivity index (χ2n) is 17.0. The predicted octanol–water partition coefficient (Wildman–Crippen LogP) is 17.5. The first-order valence-electron chi connectivity index (χ1n) is 26.4. The Labute approximate surface area is 400 Å². The molecule has 0 radical (unpaired) electrons. The van der Waals surface area contributed by atoms with E-state index in [-0.39, 0.29) is 31.1 Å². The second-order valence-corrected chi connectivity index (χ2v) is 17.0. The molecule has 0 fully saturated rings. The van der Waals surface area contributed by atoms with E-state index in [2.05, 4.69) is 130 Å². The Balaban J connectivity index is 4.50. The van der Waals surface area contributed by atoms with E-state index in [9.17, 15) is 14.4 Å². The number of unbranched alkanes of at least 4 members (excludes halogenated alkanes) is 17. The van der Waals surface area contributed by atoms with Crippen LogP contribution in [-0.4, -0.2) is 37.2 Å². The molecule has 0 aromatic rings. The van der Waals surface area contributed by atoms with E-state index >= 15 is 0 Å². The van der Waals surface area contributed by atoms with Crippen molar-refractivity contribution in [2.75, 3.05) is 13.2 Å². The van der Waals surface area contributed by atoms with E-state index < -0.39 is 6.10 Å². The second kappa shape index (κ2) is 52.7. The molecule has 65 heavy (non-hydrogen) atoms. The highest BCUT2D eigenvalue weighted by Gasteiger charge is 2.19. The molecule has 0 aliphatic carbocycles. The molecule has 0 rings (SSSR count). The average Bonchev–Trinajstić information content (AvgIpc) is 3.30. The van der Waals surface area contributed by atoms with Crippen LogP contribution in [0.25, 0.3) is 0 Å². The van der Waals surface area contributed by atoms with Crippen molar-refractivity contribution in [2.45, 2.75) is 232 Å². The van der Waals surface area contributed by atoms with Gasteiger partial charge in [0.1, 0.15) is 13.2 Å². The summed E-state index contributed by atoms with van der Waals surface area (Å²) >= 11 is 0. The van der Waals surface area contributed by atoms with Crippen LogP contribution in [-0.2, 0) is 28.6 Å². The number of esters is 3. The van der Waals surface area contributed by atoms with Crippen molar-refractivity contribution >= 4 is 17.9 Å². The summed E-state index contributed by atoms with van der Waals surface area (Å²) in [4.78, 5) is 38.0. The molecule has 1 atom stereocenters. The Hall–Kier alpha value is -3.93. The van der Waals surface area contributed by atoms with Crippen molar-refractivity contribution in [3.05, 3.63) is 109 Å². The largest absolute Gasteiger partial charge is 0.462 e. The van der Waals surface area contributed by atoms with Crippen LogP contribution in [0.2, 0.25) is 0 Å². The number of hydrogen-bond donors (Lipinski definition) is 0. The molecule has 6 heteroatoms. The zero-order chi connectivity index (χ0) is 47.2. The fourth-order valence-corrected chi connectivity index (χ4v) is 6.83. The molecule has 0 aromatic carbocycles. The summed E-state index contributed by atoms with van der Waals surface area (Å²) in [6.07, 6.45) is 70.7. The normalized spacial score (nSPS) is 13.0. The minimum absolute atomic E-state index is 0.105.